The van der Waals surface area contributed by atoms with Crippen LogP contribution in [0.25, 0.3) is 0 Å². The van der Waals surface area contributed by atoms with E-state index in [1.807, 2.05) is 19.1 Å². The van der Waals surface area contributed by atoms with Gasteiger partial charge in [0.2, 0.25) is 0 Å². The van der Waals surface area contributed by atoms with E-state index in [2.05, 4.69) is 6.58 Å². The highest BCUT2D eigenvalue weighted by atomic mass is 31.2. The van der Waals surface area contributed by atoms with E-state index in [4.69, 9.17) is 9.05 Å². The van der Waals surface area contributed by atoms with E-state index in [0.29, 0.717) is 5.75 Å². The summed E-state index contributed by atoms with van der Waals surface area (Å²) in [7, 11) is -1.84. The fourth-order valence-electron chi connectivity index (χ4n) is 0.832. The molecule has 0 saturated heterocycles. The zero-order valence-electron chi connectivity index (χ0n) is 8.01. The second kappa shape index (κ2) is 5.76. The van der Waals surface area contributed by atoms with Crippen molar-refractivity contribution in [1.29, 1.82) is 0 Å². The van der Waals surface area contributed by atoms with Gasteiger partial charge in [0.15, 0.2) is 0 Å². The van der Waals surface area contributed by atoms with E-state index in [9.17, 15) is 4.89 Å². The summed E-state index contributed by atoms with van der Waals surface area (Å²) < 4.78 is 10.0. The number of hydrogen-bond donors (Lipinski definition) is 1. The van der Waals surface area contributed by atoms with Crippen LogP contribution in [0, 0.1) is 6.92 Å². The Hall–Kier alpha value is -0.890. The Morgan fingerprint density at radius 3 is 2.64 bits per heavy atom. The molecule has 14 heavy (non-hydrogen) atoms. The lowest BCUT2D eigenvalue weighted by molar-refractivity contribution is 0.288. The SMILES string of the molecule is C=CCOP(O)Oc1ccc(C)cc1. The Morgan fingerprint density at radius 1 is 1.43 bits per heavy atom. The van der Waals surface area contributed by atoms with E-state index in [0.717, 1.165) is 5.56 Å². The van der Waals surface area contributed by atoms with Gasteiger partial charge >= 0.3 is 8.60 Å². The Bertz CT molecular complexity index is 284. The molecule has 1 aromatic carbocycles. The molecule has 0 fully saturated rings. The van der Waals surface area contributed by atoms with Crippen LogP contribution in [-0.4, -0.2) is 11.5 Å². The van der Waals surface area contributed by atoms with E-state index in [1.54, 1.807) is 18.2 Å². The van der Waals surface area contributed by atoms with Gasteiger partial charge in [-0.05, 0) is 19.1 Å². The Kier molecular flexibility index (Phi) is 4.60. The predicted molar refractivity (Wildman–Crippen MR) is 57.1 cm³/mol. The molecule has 1 atom stereocenters. The van der Waals surface area contributed by atoms with Gasteiger partial charge in [-0.3, -0.25) is 4.52 Å². The van der Waals surface area contributed by atoms with Crippen LogP contribution in [0.4, 0.5) is 0 Å². The molecule has 0 radical (unpaired) electrons. The summed E-state index contributed by atoms with van der Waals surface area (Å²) >= 11 is 0. The highest BCUT2D eigenvalue weighted by Crippen LogP contribution is 2.34. The Morgan fingerprint density at radius 2 is 2.07 bits per heavy atom. The maximum absolute atomic E-state index is 9.28. The fourth-order valence-corrected chi connectivity index (χ4v) is 1.42. The van der Waals surface area contributed by atoms with Crippen LogP contribution in [0.3, 0.4) is 0 Å². The molecule has 76 valence electrons. The molecule has 3 nitrogen and oxygen atoms in total. The number of aryl methyl sites for hydroxylation is 1. The van der Waals surface area contributed by atoms with Crippen LogP contribution in [0.15, 0.2) is 36.9 Å². The van der Waals surface area contributed by atoms with Crippen LogP contribution in [0.5, 0.6) is 5.75 Å². The second-order valence-corrected chi connectivity index (χ2v) is 3.64. The summed E-state index contributed by atoms with van der Waals surface area (Å²) in [5, 5.41) is 0. The average molecular weight is 212 g/mol. The summed E-state index contributed by atoms with van der Waals surface area (Å²) in [6.07, 6.45) is 1.56. The minimum Gasteiger partial charge on any atom is -0.427 e. The molecule has 1 unspecified atom stereocenters. The molecule has 0 amide bonds. The molecule has 0 saturated carbocycles. The molecule has 0 aliphatic rings. The molecule has 4 heteroatoms. The molecule has 0 heterocycles. The first-order valence-corrected chi connectivity index (χ1v) is 5.33. The third-order valence-corrected chi connectivity index (χ3v) is 2.24. The third kappa shape index (κ3) is 3.88. The largest absolute Gasteiger partial charge is 0.427 e. The molecule has 0 aliphatic heterocycles. The van der Waals surface area contributed by atoms with Crippen molar-refractivity contribution in [2.24, 2.45) is 0 Å². The van der Waals surface area contributed by atoms with Gasteiger partial charge in [-0.25, -0.2) is 0 Å². The minimum absolute atomic E-state index is 0.286. The van der Waals surface area contributed by atoms with Gasteiger partial charge in [0, 0.05) is 0 Å². The minimum atomic E-state index is -1.84. The van der Waals surface area contributed by atoms with Gasteiger partial charge in [-0.15, -0.1) is 6.58 Å². The van der Waals surface area contributed by atoms with Gasteiger partial charge in [-0.2, -0.15) is 0 Å². The van der Waals surface area contributed by atoms with E-state index >= 15 is 0 Å². The molecule has 1 N–H and O–H groups in total. The second-order valence-electron chi connectivity index (χ2n) is 2.73. The van der Waals surface area contributed by atoms with Gasteiger partial charge < -0.3 is 9.42 Å². The summed E-state index contributed by atoms with van der Waals surface area (Å²) in [5.74, 6) is 0.605. The van der Waals surface area contributed by atoms with Gasteiger partial charge in [-0.1, -0.05) is 23.8 Å². The number of rotatable bonds is 5. The average Bonchev–Trinajstić information content (AvgIpc) is 2.18. The molecular weight excluding hydrogens is 199 g/mol. The summed E-state index contributed by atoms with van der Waals surface area (Å²) in [4.78, 5) is 9.28. The molecule has 0 bridgehead atoms. The van der Waals surface area contributed by atoms with Gasteiger partial charge in [0.25, 0.3) is 0 Å². The first-order chi connectivity index (χ1) is 6.72. The van der Waals surface area contributed by atoms with Gasteiger partial charge in [0.05, 0.1) is 6.61 Å². The molecule has 0 aromatic heterocycles. The van der Waals surface area contributed by atoms with E-state index in [1.165, 1.54) is 0 Å². The predicted octanol–water partition coefficient (Wildman–Crippen LogP) is 2.80. The molecule has 0 spiro atoms. The molecule has 0 aliphatic carbocycles. The van der Waals surface area contributed by atoms with Crippen molar-refractivity contribution in [3.05, 3.63) is 42.5 Å². The summed E-state index contributed by atoms with van der Waals surface area (Å²) in [5.41, 5.74) is 1.15. The van der Waals surface area contributed by atoms with Crippen molar-refractivity contribution in [2.45, 2.75) is 6.92 Å². The maximum Gasteiger partial charge on any atom is 0.394 e. The van der Waals surface area contributed by atoms with Crippen LogP contribution >= 0.6 is 8.60 Å². The lowest BCUT2D eigenvalue weighted by atomic mass is 10.2. The Balaban J connectivity index is 2.43. The van der Waals surface area contributed by atoms with Crippen molar-refractivity contribution in [3.63, 3.8) is 0 Å². The first-order valence-electron chi connectivity index (χ1n) is 4.20. The maximum atomic E-state index is 9.28. The molecule has 1 aromatic rings. The topological polar surface area (TPSA) is 38.7 Å². The molecule has 1 rings (SSSR count). The van der Waals surface area contributed by atoms with Gasteiger partial charge in [0.1, 0.15) is 5.75 Å². The zero-order chi connectivity index (χ0) is 10.4. The van der Waals surface area contributed by atoms with Crippen molar-refractivity contribution in [2.75, 3.05) is 6.61 Å². The monoisotopic (exact) mass is 212 g/mol. The number of benzene rings is 1. The quantitative estimate of drug-likeness (QED) is 0.602. The zero-order valence-corrected chi connectivity index (χ0v) is 8.91. The van der Waals surface area contributed by atoms with Crippen LogP contribution in [0.2, 0.25) is 0 Å². The standard InChI is InChI=1S/C10H13O3P/c1-3-8-12-14(11)13-10-6-4-9(2)5-7-10/h3-7,11H,1,8H2,2H3. The van der Waals surface area contributed by atoms with Crippen molar-refractivity contribution >= 4 is 8.60 Å². The van der Waals surface area contributed by atoms with Crippen LogP contribution in [-0.2, 0) is 4.52 Å². The highest BCUT2D eigenvalue weighted by Gasteiger charge is 2.06. The van der Waals surface area contributed by atoms with E-state index in [-0.39, 0.29) is 6.61 Å². The Labute approximate surface area is 85.0 Å². The van der Waals surface area contributed by atoms with Crippen molar-refractivity contribution in [1.82, 2.24) is 0 Å². The number of hydrogen-bond acceptors (Lipinski definition) is 3. The molecular formula is C10H13O3P. The van der Waals surface area contributed by atoms with Crippen LogP contribution < -0.4 is 4.52 Å². The highest BCUT2D eigenvalue weighted by molar-refractivity contribution is 7.41. The first kappa shape index (κ1) is 11.2. The van der Waals surface area contributed by atoms with Crippen molar-refractivity contribution < 1.29 is 13.9 Å². The van der Waals surface area contributed by atoms with Crippen molar-refractivity contribution in [3.8, 4) is 5.75 Å². The lowest BCUT2D eigenvalue weighted by Gasteiger charge is -2.10. The fraction of sp³-hybridized carbons (Fsp3) is 0.200. The van der Waals surface area contributed by atoms with E-state index < -0.39 is 8.60 Å². The normalized spacial score (nSPS) is 12.1. The lowest BCUT2D eigenvalue weighted by Crippen LogP contribution is -1.92. The third-order valence-electron chi connectivity index (χ3n) is 1.51. The van der Waals surface area contributed by atoms with Crippen LogP contribution in [0.1, 0.15) is 5.56 Å². The summed E-state index contributed by atoms with van der Waals surface area (Å²) in [6, 6.07) is 7.40. The smallest absolute Gasteiger partial charge is 0.394 e. The summed E-state index contributed by atoms with van der Waals surface area (Å²) in [6.45, 7) is 5.74.